The van der Waals surface area contributed by atoms with Crippen molar-refractivity contribution in [1.82, 2.24) is 15.1 Å². The lowest BCUT2D eigenvalue weighted by Crippen LogP contribution is -2.30. The van der Waals surface area contributed by atoms with Crippen LogP contribution in [0.3, 0.4) is 0 Å². The van der Waals surface area contributed by atoms with E-state index in [-0.39, 0.29) is 6.03 Å². The van der Waals surface area contributed by atoms with Crippen LogP contribution < -0.4 is 10.6 Å². The molecule has 0 bridgehead atoms. The maximum Gasteiger partial charge on any atom is 0.319 e. The predicted octanol–water partition coefficient (Wildman–Crippen LogP) is 2.40. The topological polar surface area (TPSA) is 59.0 Å². The van der Waals surface area contributed by atoms with Crippen LogP contribution in [-0.4, -0.2) is 22.4 Å². The summed E-state index contributed by atoms with van der Waals surface area (Å²) in [5, 5.41) is 9.87. The molecule has 0 aliphatic heterocycles. The van der Waals surface area contributed by atoms with Gasteiger partial charge in [0.1, 0.15) is 0 Å². The fourth-order valence-electron chi connectivity index (χ4n) is 1.88. The van der Waals surface area contributed by atoms with Crippen molar-refractivity contribution in [1.29, 1.82) is 0 Å². The molecule has 0 atom stereocenters. The normalized spacial score (nSPS) is 14.1. The number of hydrogen-bond acceptors (Lipinski definition) is 2. The highest BCUT2D eigenvalue weighted by molar-refractivity contribution is 5.89. The number of nitrogens with zero attached hydrogens (tertiary/aromatic N) is 2. The molecule has 2 amide bonds. The van der Waals surface area contributed by atoms with E-state index in [1.54, 1.807) is 10.9 Å². The van der Waals surface area contributed by atoms with E-state index in [0.717, 1.165) is 17.9 Å². The van der Waals surface area contributed by atoms with Crippen molar-refractivity contribution in [3.8, 4) is 5.69 Å². The largest absolute Gasteiger partial charge is 0.338 e. The van der Waals surface area contributed by atoms with Gasteiger partial charge in [-0.25, -0.2) is 9.48 Å². The number of urea groups is 1. The molecule has 1 saturated carbocycles. The van der Waals surface area contributed by atoms with Gasteiger partial charge in [0, 0.05) is 24.6 Å². The molecule has 19 heavy (non-hydrogen) atoms. The molecule has 5 nitrogen and oxygen atoms in total. The van der Waals surface area contributed by atoms with Crippen molar-refractivity contribution < 1.29 is 4.79 Å². The first kappa shape index (κ1) is 11.8. The van der Waals surface area contributed by atoms with E-state index >= 15 is 0 Å². The molecule has 2 N–H and O–H groups in total. The fraction of sp³-hybridized carbons (Fsp3) is 0.286. The molecule has 0 saturated heterocycles. The van der Waals surface area contributed by atoms with Gasteiger partial charge < -0.3 is 10.6 Å². The summed E-state index contributed by atoms with van der Waals surface area (Å²) in [6.45, 7) is 0.769. The number of carbonyl (C=O) groups is 1. The Morgan fingerprint density at radius 3 is 3.00 bits per heavy atom. The second-order valence-corrected chi connectivity index (χ2v) is 4.78. The molecule has 1 aliphatic carbocycles. The number of amides is 2. The molecule has 1 heterocycles. The summed E-state index contributed by atoms with van der Waals surface area (Å²) in [7, 11) is 0. The van der Waals surface area contributed by atoms with Crippen LogP contribution in [0.25, 0.3) is 5.69 Å². The Labute approximate surface area is 111 Å². The molecule has 1 fully saturated rings. The van der Waals surface area contributed by atoms with Crippen molar-refractivity contribution in [2.45, 2.75) is 12.8 Å². The first-order valence-electron chi connectivity index (χ1n) is 6.46. The molecule has 0 unspecified atom stereocenters. The SMILES string of the molecule is O=C(NCC1CC1)Nc1cccc(-n2cccn2)c1. The maximum atomic E-state index is 11.7. The molecular weight excluding hydrogens is 240 g/mol. The van der Waals surface area contributed by atoms with Crippen molar-refractivity contribution in [3.05, 3.63) is 42.7 Å². The van der Waals surface area contributed by atoms with Gasteiger partial charge in [-0.3, -0.25) is 0 Å². The minimum absolute atomic E-state index is 0.149. The van der Waals surface area contributed by atoms with Crippen LogP contribution in [0, 0.1) is 5.92 Å². The Morgan fingerprint density at radius 2 is 2.26 bits per heavy atom. The smallest absolute Gasteiger partial charge is 0.319 e. The number of anilines is 1. The third-order valence-corrected chi connectivity index (χ3v) is 3.12. The summed E-state index contributed by atoms with van der Waals surface area (Å²) in [5.41, 5.74) is 1.69. The standard InChI is InChI=1S/C14H16N4O/c19-14(15-10-11-5-6-11)17-12-3-1-4-13(9-12)18-8-2-7-16-18/h1-4,7-9,11H,5-6,10H2,(H2,15,17,19). The van der Waals surface area contributed by atoms with E-state index in [1.165, 1.54) is 12.8 Å². The number of nitrogens with one attached hydrogen (secondary N) is 2. The second-order valence-electron chi connectivity index (χ2n) is 4.78. The first-order valence-corrected chi connectivity index (χ1v) is 6.46. The molecule has 1 aromatic heterocycles. The molecule has 0 spiro atoms. The highest BCUT2D eigenvalue weighted by Gasteiger charge is 2.21. The highest BCUT2D eigenvalue weighted by Crippen LogP contribution is 2.27. The summed E-state index contributed by atoms with van der Waals surface area (Å²) in [6, 6.07) is 9.31. The summed E-state index contributed by atoms with van der Waals surface area (Å²) in [6.07, 6.45) is 6.05. The van der Waals surface area contributed by atoms with Crippen LogP contribution in [-0.2, 0) is 0 Å². The van der Waals surface area contributed by atoms with Crippen molar-refractivity contribution in [3.63, 3.8) is 0 Å². The predicted molar refractivity (Wildman–Crippen MR) is 73.3 cm³/mol. The molecule has 5 heteroatoms. The van der Waals surface area contributed by atoms with Gasteiger partial charge in [-0.2, -0.15) is 5.10 Å². The van der Waals surface area contributed by atoms with Crippen LogP contribution in [0.2, 0.25) is 0 Å². The van der Waals surface area contributed by atoms with E-state index in [9.17, 15) is 4.79 Å². The van der Waals surface area contributed by atoms with Gasteiger partial charge >= 0.3 is 6.03 Å². The third kappa shape index (κ3) is 3.13. The molecule has 98 valence electrons. The molecule has 0 radical (unpaired) electrons. The molecule has 1 aliphatic rings. The van der Waals surface area contributed by atoms with Crippen molar-refractivity contribution >= 4 is 11.7 Å². The number of rotatable bonds is 4. The van der Waals surface area contributed by atoms with Crippen molar-refractivity contribution in [2.75, 3.05) is 11.9 Å². The Bertz CT molecular complexity index is 561. The van der Waals surface area contributed by atoms with Crippen LogP contribution in [0.4, 0.5) is 10.5 Å². The number of carbonyl (C=O) groups excluding carboxylic acids is 1. The van der Waals surface area contributed by atoms with Crippen LogP contribution >= 0.6 is 0 Å². The lowest BCUT2D eigenvalue weighted by Gasteiger charge is -2.08. The molecular formula is C14H16N4O. The highest BCUT2D eigenvalue weighted by atomic mass is 16.2. The van der Waals surface area contributed by atoms with E-state index < -0.39 is 0 Å². The fourth-order valence-corrected chi connectivity index (χ4v) is 1.88. The van der Waals surface area contributed by atoms with Crippen LogP contribution in [0.1, 0.15) is 12.8 Å². The Morgan fingerprint density at radius 1 is 1.37 bits per heavy atom. The first-order chi connectivity index (χ1) is 9.31. The van der Waals surface area contributed by atoms with Gasteiger partial charge in [0.05, 0.1) is 5.69 Å². The zero-order chi connectivity index (χ0) is 13.1. The monoisotopic (exact) mass is 256 g/mol. The quantitative estimate of drug-likeness (QED) is 0.882. The van der Waals surface area contributed by atoms with E-state index in [1.807, 2.05) is 36.5 Å². The Hall–Kier alpha value is -2.30. The molecule has 1 aromatic carbocycles. The zero-order valence-electron chi connectivity index (χ0n) is 10.5. The van der Waals surface area contributed by atoms with Gasteiger partial charge in [-0.15, -0.1) is 0 Å². The maximum absolute atomic E-state index is 11.7. The van der Waals surface area contributed by atoms with Gasteiger partial charge in [0.15, 0.2) is 0 Å². The Kier molecular flexibility index (Phi) is 3.18. The number of benzene rings is 1. The van der Waals surface area contributed by atoms with Crippen molar-refractivity contribution in [2.24, 2.45) is 5.92 Å². The summed E-state index contributed by atoms with van der Waals surface area (Å²) < 4.78 is 1.76. The Balaban J connectivity index is 1.63. The minimum Gasteiger partial charge on any atom is -0.338 e. The average molecular weight is 256 g/mol. The summed E-state index contributed by atoms with van der Waals surface area (Å²) in [4.78, 5) is 11.7. The number of aromatic nitrogens is 2. The van der Waals surface area contributed by atoms with E-state index in [0.29, 0.717) is 5.92 Å². The van der Waals surface area contributed by atoms with Gasteiger partial charge in [-0.1, -0.05) is 6.07 Å². The second kappa shape index (κ2) is 5.14. The van der Waals surface area contributed by atoms with Gasteiger partial charge in [0.2, 0.25) is 0 Å². The third-order valence-electron chi connectivity index (χ3n) is 3.12. The molecule has 2 aromatic rings. The summed E-state index contributed by atoms with van der Waals surface area (Å²) in [5.74, 6) is 0.682. The van der Waals surface area contributed by atoms with Crippen LogP contribution in [0.5, 0.6) is 0 Å². The van der Waals surface area contributed by atoms with E-state index in [4.69, 9.17) is 0 Å². The van der Waals surface area contributed by atoms with E-state index in [2.05, 4.69) is 15.7 Å². The average Bonchev–Trinajstić information content (AvgIpc) is 3.09. The van der Waals surface area contributed by atoms with Gasteiger partial charge in [-0.05, 0) is 43.0 Å². The number of hydrogen-bond donors (Lipinski definition) is 2. The lowest BCUT2D eigenvalue weighted by molar-refractivity contribution is 0.251. The minimum atomic E-state index is -0.149. The summed E-state index contributed by atoms with van der Waals surface area (Å²) >= 11 is 0. The van der Waals surface area contributed by atoms with Crippen LogP contribution in [0.15, 0.2) is 42.7 Å². The van der Waals surface area contributed by atoms with Gasteiger partial charge in [0.25, 0.3) is 0 Å². The zero-order valence-corrected chi connectivity index (χ0v) is 10.5. The lowest BCUT2D eigenvalue weighted by atomic mass is 10.3. The molecule has 3 rings (SSSR count).